The van der Waals surface area contributed by atoms with Gasteiger partial charge in [0.05, 0.1) is 4.75 Å². The van der Waals surface area contributed by atoms with Crippen LogP contribution in [0.4, 0.5) is 0 Å². The highest BCUT2D eigenvalue weighted by Gasteiger charge is 2.27. The minimum absolute atomic E-state index is 0.172. The first-order valence-electron chi connectivity index (χ1n) is 2.98. The lowest BCUT2D eigenvalue weighted by Gasteiger charge is -2.22. The van der Waals surface area contributed by atoms with E-state index in [9.17, 15) is 4.79 Å². The largest absolute Gasteiger partial charge is 0.293 e. The van der Waals surface area contributed by atoms with Crippen molar-refractivity contribution in [2.75, 3.05) is 5.75 Å². The molecular weight excluding hydrogens is 132 g/mol. The number of rotatable bonds is 0. The minimum atomic E-state index is -0.172. The van der Waals surface area contributed by atoms with Gasteiger partial charge < -0.3 is 0 Å². The van der Waals surface area contributed by atoms with Crippen LogP contribution in [0, 0.1) is 0 Å². The molecule has 0 N–H and O–H groups in total. The monoisotopic (exact) mass is 142 g/mol. The quantitative estimate of drug-likeness (QED) is 0.511. The van der Waals surface area contributed by atoms with Crippen LogP contribution < -0.4 is 0 Å². The molecule has 0 bridgehead atoms. The summed E-state index contributed by atoms with van der Waals surface area (Å²) in [7, 11) is 0. The molecule has 0 aromatic heterocycles. The highest BCUT2D eigenvalue weighted by molar-refractivity contribution is 8.01. The summed E-state index contributed by atoms with van der Waals surface area (Å²) in [6.45, 7) is 3.92. The zero-order valence-electron chi connectivity index (χ0n) is 5.68. The van der Waals surface area contributed by atoms with Crippen molar-refractivity contribution >= 4 is 17.5 Å². The maximum Gasteiger partial charge on any atom is 0.170 e. The zero-order chi connectivity index (χ0) is 6.91. The third kappa shape index (κ3) is 1.36. The molecular formula is C7H10OS. The van der Waals surface area contributed by atoms with Gasteiger partial charge in [-0.15, -0.1) is 11.8 Å². The smallest absolute Gasteiger partial charge is 0.170 e. The van der Waals surface area contributed by atoms with Gasteiger partial charge in [0, 0.05) is 5.75 Å². The third-order valence-electron chi connectivity index (χ3n) is 1.40. The Hall–Kier alpha value is -0.240. The Morgan fingerprint density at radius 1 is 1.67 bits per heavy atom. The predicted octanol–water partition coefficient (Wildman–Crippen LogP) is 1.64. The van der Waals surface area contributed by atoms with Gasteiger partial charge in [0.1, 0.15) is 0 Å². The maximum absolute atomic E-state index is 11.0. The fraction of sp³-hybridized carbons (Fsp3) is 0.571. The topological polar surface area (TPSA) is 17.1 Å². The molecule has 0 unspecified atom stereocenters. The van der Waals surface area contributed by atoms with Crippen molar-refractivity contribution in [2.24, 2.45) is 0 Å². The van der Waals surface area contributed by atoms with E-state index in [1.807, 2.05) is 19.9 Å². The van der Waals surface area contributed by atoms with Crippen molar-refractivity contribution in [3.05, 3.63) is 12.2 Å². The second-order valence-corrected chi connectivity index (χ2v) is 4.23. The molecule has 0 fully saturated rings. The third-order valence-corrected chi connectivity index (χ3v) is 2.69. The van der Waals surface area contributed by atoms with Gasteiger partial charge in [-0.3, -0.25) is 4.79 Å². The van der Waals surface area contributed by atoms with Gasteiger partial charge in [0.2, 0.25) is 0 Å². The first kappa shape index (κ1) is 6.87. The molecule has 0 amide bonds. The molecule has 0 saturated carbocycles. The summed E-state index contributed by atoms with van der Waals surface area (Å²) in [5.41, 5.74) is 0. The summed E-state index contributed by atoms with van der Waals surface area (Å²) in [5.74, 6) is 1.21. The maximum atomic E-state index is 11.0. The molecule has 0 aromatic carbocycles. The molecule has 1 aliphatic rings. The highest BCUT2D eigenvalue weighted by Crippen LogP contribution is 2.28. The van der Waals surface area contributed by atoms with Gasteiger partial charge in [0.25, 0.3) is 0 Å². The Labute approximate surface area is 59.5 Å². The normalized spacial score (nSPS) is 24.4. The first-order chi connectivity index (χ1) is 4.13. The van der Waals surface area contributed by atoms with Crippen LogP contribution in [0.3, 0.4) is 0 Å². The van der Waals surface area contributed by atoms with Crippen LogP contribution in [0.2, 0.25) is 0 Å². The van der Waals surface area contributed by atoms with Crippen molar-refractivity contribution in [1.82, 2.24) is 0 Å². The summed E-state index contributed by atoms with van der Waals surface area (Å²) in [6.07, 6.45) is 3.59. The molecule has 0 saturated heterocycles. The number of ketones is 1. The predicted molar refractivity (Wildman–Crippen MR) is 40.7 cm³/mol. The van der Waals surface area contributed by atoms with Gasteiger partial charge in [-0.1, -0.05) is 6.08 Å². The van der Waals surface area contributed by atoms with E-state index in [4.69, 9.17) is 0 Å². The molecule has 0 spiro atoms. The van der Waals surface area contributed by atoms with Crippen LogP contribution in [-0.4, -0.2) is 16.3 Å². The summed E-state index contributed by atoms with van der Waals surface area (Å²) in [5, 5.41) is 0. The number of carbonyl (C=O) groups excluding carboxylic acids is 1. The Balaban J connectivity index is 2.78. The van der Waals surface area contributed by atoms with Gasteiger partial charge in [0.15, 0.2) is 5.78 Å². The van der Waals surface area contributed by atoms with Crippen molar-refractivity contribution in [3.63, 3.8) is 0 Å². The zero-order valence-corrected chi connectivity index (χ0v) is 6.49. The van der Waals surface area contributed by atoms with Crippen LogP contribution in [0.1, 0.15) is 13.8 Å². The molecule has 2 heteroatoms. The summed E-state index contributed by atoms with van der Waals surface area (Å²) < 4.78 is -0.172. The second-order valence-electron chi connectivity index (χ2n) is 2.59. The van der Waals surface area contributed by atoms with E-state index in [0.29, 0.717) is 0 Å². The Kier molecular flexibility index (Phi) is 1.66. The van der Waals surface area contributed by atoms with Crippen LogP contribution in [0.5, 0.6) is 0 Å². The molecule has 9 heavy (non-hydrogen) atoms. The SMILES string of the molecule is CC1(C)SCC=CC1=O. The fourth-order valence-electron chi connectivity index (χ4n) is 0.683. The van der Waals surface area contributed by atoms with E-state index >= 15 is 0 Å². The van der Waals surface area contributed by atoms with Gasteiger partial charge in [-0.05, 0) is 19.9 Å². The molecule has 1 nitrogen and oxygen atoms in total. The lowest BCUT2D eigenvalue weighted by Crippen LogP contribution is -2.28. The highest BCUT2D eigenvalue weighted by atomic mass is 32.2. The van der Waals surface area contributed by atoms with Gasteiger partial charge >= 0.3 is 0 Å². The second kappa shape index (κ2) is 2.18. The van der Waals surface area contributed by atoms with E-state index < -0.39 is 0 Å². The number of hydrogen-bond acceptors (Lipinski definition) is 2. The summed E-state index contributed by atoms with van der Waals surface area (Å²) in [4.78, 5) is 11.0. The molecule has 0 aromatic rings. The Bertz CT molecular complexity index is 158. The average Bonchev–Trinajstić information content (AvgIpc) is 1.77. The molecule has 0 radical (unpaired) electrons. The van der Waals surface area contributed by atoms with Crippen LogP contribution in [0.15, 0.2) is 12.2 Å². The summed E-state index contributed by atoms with van der Waals surface area (Å²) >= 11 is 1.69. The van der Waals surface area contributed by atoms with E-state index in [0.717, 1.165) is 5.75 Å². The molecule has 50 valence electrons. The van der Waals surface area contributed by atoms with Crippen LogP contribution in [-0.2, 0) is 4.79 Å². The van der Waals surface area contributed by atoms with Crippen molar-refractivity contribution in [3.8, 4) is 0 Å². The minimum Gasteiger partial charge on any atom is -0.293 e. The van der Waals surface area contributed by atoms with Crippen molar-refractivity contribution in [1.29, 1.82) is 0 Å². The van der Waals surface area contributed by atoms with Gasteiger partial charge in [-0.25, -0.2) is 0 Å². The van der Waals surface area contributed by atoms with E-state index in [2.05, 4.69) is 0 Å². The Morgan fingerprint density at radius 3 is 2.67 bits per heavy atom. The van der Waals surface area contributed by atoms with Gasteiger partial charge in [-0.2, -0.15) is 0 Å². The lowest BCUT2D eigenvalue weighted by molar-refractivity contribution is -0.116. The van der Waals surface area contributed by atoms with E-state index in [-0.39, 0.29) is 10.5 Å². The standard InChI is InChI=1S/C7H10OS/c1-7(2)6(8)4-3-5-9-7/h3-4H,5H2,1-2H3. The molecule has 1 heterocycles. The lowest BCUT2D eigenvalue weighted by atomic mass is 10.1. The Morgan fingerprint density at radius 2 is 2.33 bits per heavy atom. The van der Waals surface area contributed by atoms with Crippen LogP contribution >= 0.6 is 11.8 Å². The summed E-state index contributed by atoms with van der Waals surface area (Å²) in [6, 6.07) is 0. The number of thioether (sulfide) groups is 1. The van der Waals surface area contributed by atoms with E-state index in [1.165, 1.54) is 0 Å². The molecule has 1 aliphatic heterocycles. The average molecular weight is 142 g/mol. The molecule has 0 atom stereocenters. The molecule has 0 aliphatic carbocycles. The van der Waals surface area contributed by atoms with Crippen LogP contribution in [0.25, 0.3) is 0 Å². The first-order valence-corrected chi connectivity index (χ1v) is 3.96. The van der Waals surface area contributed by atoms with E-state index in [1.54, 1.807) is 17.8 Å². The van der Waals surface area contributed by atoms with Crippen molar-refractivity contribution < 1.29 is 4.79 Å². The number of carbonyl (C=O) groups is 1. The fourth-order valence-corrected chi connectivity index (χ4v) is 1.50. The van der Waals surface area contributed by atoms with Crippen molar-refractivity contribution in [2.45, 2.75) is 18.6 Å². The number of hydrogen-bond donors (Lipinski definition) is 0. The number of allylic oxidation sites excluding steroid dienone is 1. The molecule has 1 rings (SSSR count).